The molecule has 6 rings (SSSR count). The standard InChI is InChI=1S/C25H29FN6O4/c1-25(2)8-7-19(35-25)23-28-22(29-36-23)20-21-24(34)31(11-10-30-9-3-4-16(33)13-30)18-12-15(26)5-6-17(18)32(21)14-27-20/h5-6,12,14,16,19,33H,3-4,7-11,13H2,1-2H3. The van der Waals surface area contributed by atoms with Gasteiger partial charge >= 0.3 is 0 Å². The first kappa shape index (κ1) is 23.3. The molecule has 36 heavy (non-hydrogen) atoms. The van der Waals surface area contributed by atoms with Gasteiger partial charge in [-0.1, -0.05) is 5.16 Å². The van der Waals surface area contributed by atoms with E-state index in [9.17, 15) is 14.3 Å². The van der Waals surface area contributed by atoms with Crippen molar-refractivity contribution >= 4 is 16.6 Å². The number of hydrogen-bond donors (Lipinski definition) is 1. The van der Waals surface area contributed by atoms with Crippen molar-refractivity contribution in [3.05, 3.63) is 46.6 Å². The predicted octanol–water partition coefficient (Wildman–Crippen LogP) is 2.93. The van der Waals surface area contributed by atoms with Crippen molar-refractivity contribution in [1.29, 1.82) is 0 Å². The minimum Gasteiger partial charge on any atom is -0.392 e. The van der Waals surface area contributed by atoms with Gasteiger partial charge in [0.25, 0.3) is 11.4 Å². The van der Waals surface area contributed by atoms with Gasteiger partial charge in [0, 0.05) is 19.6 Å². The van der Waals surface area contributed by atoms with E-state index in [2.05, 4.69) is 20.0 Å². The second-order valence-corrected chi connectivity index (χ2v) is 10.4. The number of ether oxygens (including phenoxy) is 1. The molecule has 11 heteroatoms. The van der Waals surface area contributed by atoms with Crippen molar-refractivity contribution in [2.45, 2.75) is 63.9 Å². The molecule has 0 spiro atoms. The Labute approximate surface area is 206 Å². The highest BCUT2D eigenvalue weighted by molar-refractivity contribution is 5.83. The summed E-state index contributed by atoms with van der Waals surface area (Å²) in [4.78, 5) is 24.9. The van der Waals surface area contributed by atoms with E-state index in [-0.39, 0.29) is 29.2 Å². The summed E-state index contributed by atoms with van der Waals surface area (Å²) in [5.74, 6) is 0.152. The van der Waals surface area contributed by atoms with Crippen LogP contribution in [0.15, 0.2) is 33.8 Å². The monoisotopic (exact) mass is 496 g/mol. The molecule has 2 aliphatic rings. The molecule has 2 aliphatic heterocycles. The van der Waals surface area contributed by atoms with Crippen molar-refractivity contribution < 1.29 is 18.8 Å². The zero-order chi connectivity index (χ0) is 25.0. The van der Waals surface area contributed by atoms with Gasteiger partial charge in [0.1, 0.15) is 29.5 Å². The number of imidazole rings is 1. The first-order valence-electron chi connectivity index (χ1n) is 12.4. The molecular weight excluding hydrogens is 467 g/mol. The normalized spacial score (nSPS) is 22.7. The van der Waals surface area contributed by atoms with E-state index in [1.807, 2.05) is 13.8 Å². The second kappa shape index (κ2) is 8.75. The van der Waals surface area contributed by atoms with Crippen molar-refractivity contribution in [2.24, 2.45) is 0 Å². The molecule has 4 aromatic rings. The Kier molecular flexibility index (Phi) is 5.66. The van der Waals surface area contributed by atoms with Gasteiger partial charge in [-0.3, -0.25) is 14.1 Å². The third-order valence-corrected chi connectivity index (χ3v) is 7.22. The summed E-state index contributed by atoms with van der Waals surface area (Å²) < 4.78 is 29.0. The van der Waals surface area contributed by atoms with Gasteiger partial charge in [0.05, 0.1) is 22.7 Å². The average molecular weight is 497 g/mol. The van der Waals surface area contributed by atoms with Gasteiger partial charge < -0.3 is 18.9 Å². The number of likely N-dealkylation sites (tertiary alicyclic amines) is 1. The van der Waals surface area contributed by atoms with Crippen molar-refractivity contribution in [3.63, 3.8) is 0 Å². The highest BCUT2D eigenvalue weighted by Crippen LogP contribution is 2.38. The molecule has 0 amide bonds. The first-order chi connectivity index (χ1) is 17.3. The largest absolute Gasteiger partial charge is 0.392 e. The molecule has 1 aromatic carbocycles. The number of β-amino-alcohol motifs (C(OH)–C–C–N with tert-alkyl or cyclic N) is 1. The molecule has 0 bridgehead atoms. The van der Waals surface area contributed by atoms with E-state index >= 15 is 0 Å². The summed E-state index contributed by atoms with van der Waals surface area (Å²) in [7, 11) is 0. The summed E-state index contributed by atoms with van der Waals surface area (Å²) in [5, 5.41) is 14.1. The number of fused-ring (bicyclic) bond motifs is 3. The molecule has 0 aliphatic carbocycles. The van der Waals surface area contributed by atoms with Crippen LogP contribution in [0.25, 0.3) is 28.1 Å². The van der Waals surface area contributed by atoms with E-state index in [0.717, 1.165) is 32.2 Å². The van der Waals surface area contributed by atoms with Gasteiger partial charge in [-0.05, 0) is 64.3 Å². The van der Waals surface area contributed by atoms with Crippen LogP contribution in [0.5, 0.6) is 0 Å². The van der Waals surface area contributed by atoms with Crippen LogP contribution in [-0.4, -0.2) is 65.4 Å². The molecular formula is C25H29FN6O4. The third-order valence-electron chi connectivity index (χ3n) is 7.22. The molecule has 2 atom stereocenters. The third kappa shape index (κ3) is 4.10. The second-order valence-electron chi connectivity index (χ2n) is 10.4. The van der Waals surface area contributed by atoms with Crippen LogP contribution in [0, 0.1) is 5.82 Å². The summed E-state index contributed by atoms with van der Waals surface area (Å²) in [5.41, 5.74) is 1.15. The SMILES string of the molecule is CC1(C)CCC(c2nc(-c3ncn4c3c(=O)n(CCN3CCCC(O)C3)c3cc(F)ccc34)no2)O1. The molecule has 2 fully saturated rings. The highest BCUT2D eigenvalue weighted by atomic mass is 19.1. The Morgan fingerprint density at radius 3 is 2.86 bits per heavy atom. The van der Waals surface area contributed by atoms with Crippen molar-refractivity contribution in [2.75, 3.05) is 19.6 Å². The molecule has 5 heterocycles. The number of aromatic nitrogens is 5. The van der Waals surface area contributed by atoms with Crippen molar-refractivity contribution in [3.8, 4) is 11.5 Å². The Hall–Kier alpha value is -3.15. The number of benzene rings is 1. The fourth-order valence-electron chi connectivity index (χ4n) is 5.37. The number of aliphatic hydroxyl groups excluding tert-OH is 1. The van der Waals surface area contributed by atoms with Crippen molar-refractivity contribution in [1.82, 2.24) is 29.0 Å². The lowest BCUT2D eigenvalue weighted by molar-refractivity contribution is -0.0292. The van der Waals surface area contributed by atoms with Crippen LogP contribution >= 0.6 is 0 Å². The minimum atomic E-state index is -0.425. The molecule has 1 N–H and O–H groups in total. The lowest BCUT2D eigenvalue weighted by Crippen LogP contribution is -2.40. The first-order valence-corrected chi connectivity index (χ1v) is 12.4. The lowest BCUT2D eigenvalue weighted by Gasteiger charge is -2.30. The zero-order valence-corrected chi connectivity index (χ0v) is 20.4. The molecule has 10 nitrogen and oxygen atoms in total. The lowest BCUT2D eigenvalue weighted by atomic mass is 10.1. The maximum absolute atomic E-state index is 14.2. The number of aliphatic hydroxyl groups is 1. The number of piperidine rings is 1. The number of hydrogen-bond acceptors (Lipinski definition) is 8. The van der Waals surface area contributed by atoms with Crippen LogP contribution in [0.3, 0.4) is 0 Å². The minimum absolute atomic E-state index is 0.213. The van der Waals surface area contributed by atoms with E-state index in [1.165, 1.54) is 18.5 Å². The molecule has 2 unspecified atom stereocenters. The topological polar surface area (TPSA) is 111 Å². The van der Waals surface area contributed by atoms with Crippen LogP contribution < -0.4 is 5.56 Å². The van der Waals surface area contributed by atoms with E-state index in [1.54, 1.807) is 15.0 Å². The van der Waals surface area contributed by atoms with Crippen LogP contribution in [0.1, 0.15) is 51.5 Å². The van der Waals surface area contributed by atoms with Gasteiger partial charge in [0.15, 0.2) is 0 Å². The van der Waals surface area contributed by atoms with Gasteiger partial charge in [-0.15, -0.1) is 0 Å². The van der Waals surface area contributed by atoms with E-state index in [0.29, 0.717) is 47.8 Å². The Balaban J connectivity index is 1.42. The molecule has 3 aromatic heterocycles. The zero-order valence-electron chi connectivity index (χ0n) is 20.4. The predicted molar refractivity (Wildman–Crippen MR) is 129 cm³/mol. The van der Waals surface area contributed by atoms with Crippen LogP contribution in [0.2, 0.25) is 0 Å². The summed E-state index contributed by atoms with van der Waals surface area (Å²) in [6, 6.07) is 4.37. The number of halogens is 1. The highest BCUT2D eigenvalue weighted by Gasteiger charge is 2.36. The summed E-state index contributed by atoms with van der Waals surface area (Å²) in [6.07, 6.45) is 4.20. The fourth-order valence-corrected chi connectivity index (χ4v) is 5.37. The smallest absolute Gasteiger partial charge is 0.277 e. The summed E-state index contributed by atoms with van der Waals surface area (Å²) >= 11 is 0. The molecule has 0 radical (unpaired) electrons. The van der Waals surface area contributed by atoms with Gasteiger partial charge in [-0.2, -0.15) is 4.98 Å². The fraction of sp³-hybridized carbons (Fsp3) is 0.520. The van der Waals surface area contributed by atoms with E-state index in [4.69, 9.17) is 9.26 Å². The Morgan fingerprint density at radius 1 is 1.22 bits per heavy atom. The van der Waals surface area contributed by atoms with E-state index < -0.39 is 5.82 Å². The maximum Gasteiger partial charge on any atom is 0.277 e. The van der Waals surface area contributed by atoms with Gasteiger partial charge in [-0.25, -0.2) is 9.37 Å². The van der Waals surface area contributed by atoms with Gasteiger partial charge in [0.2, 0.25) is 5.82 Å². The average Bonchev–Trinajstić information content (AvgIpc) is 3.57. The Morgan fingerprint density at radius 2 is 2.08 bits per heavy atom. The number of rotatable bonds is 5. The quantitative estimate of drug-likeness (QED) is 0.449. The van der Waals surface area contributed by atoms with Crippen LogP contribution in [0.4, 0.5) is 4.39 Å². The molecule has 190 valence electrons. The molecule has 0 saturated carbocycles. The number of nitrogens with zero attached hydrogens (tertiary/aromatic N) is 6. The Bertz CT molecular complexity index is 1490. The summed E-state index contributed by atoms with van der Waals surface area (Å²) in [6.45, 7) is 6.36. The maximum atomic E-state index is 14.2. The molecule has 2 saturated heterocycles. The van der Waals surface area contributed by atoms with Crippen LogP contribution in [-0.2, 0) is 11.3 Å².